The molecule has 1 heterocycles. The minimum atomic E-state index is 0.778. The molecule has 1 aliphatic rings. The highest BCUT2D eigenvalue weighted by molar-refractivity contribution is 5.29. The molecule has 0 spiro atoms. The summed E-state index contributed by atoms with van der Waals surface area (Å²) in [6.45, 7) is 0.904. The van der Waals surface area contributed by atoms with E-state index in [-0.39, 0.29) is 0 Å². The van der Waals surface area contributed by atoms with Gasteiger partial charge in [0.15, 0.2) is 0 Å². The van der Waals surface area contributed by atoms with Crippen LogP contribution in [0.2, 0.25) is 0 Å². The molecule has 1 aromatic heterocycles. The number of anilines is 1. The van der Waals surface area contributed by atoms with Crippen molar-refractivity contribution in [2.24, 2.45) is 0 Å². The van der Waals surface area contributed by atoms with Crippen LogP contribution in [0.3, 0.4) is 0 Å². The molecule has 0 amide bonds. The molecule has 0 saturated heterocycles. The van der Waals surface area contributed by atoms with Crippen LogP contribution >= 0.6 is 0 Å². The average molecular weight is 192 g/mol. The first kappa shape index (κ1) is 9.40. The molecule has 0 unspecified atom stereocenters. The largest absolute Gasteiger partial charge is 0.372 e. The van der Waals surface area contributed by atoms with Gasteiger partial charge in [0.05, 0.1) is 18.1 Å². The van der Waals surface area contributed by atoms with Gasteiger partial charge in [-0.3, -0.25) is 9.88 Å². The molecule has 76 valence electrons. The van der Waals surface area contributed by atoms with E-state index in [0.717, 1.165) is 24.1 Å². The van der Waals surface area contributed by atoms with Gasteiger partial charge in [-0.1, -0.05) is 0 Å². The molecule has 0 aromatic carbocycles. The number of rotatable bonds is 4. The maximum Gasteiger partial charge on any atom is 0.144 e. The lowest BCUT2D eigenvalue weighted by Gasteiger charge is -2.14. The van der Waals surface area contributed by atoms with E-state index in [2.05, 4.69) is 27.2 Å². The molecule has 0 atom stereocenters. The Morgan fingerprint density at radius 1 is 1.43 bits per heavy atom. The molecule has 1 aromatic rings. The zero-order chi connectivity index (χ0) is 9.97. The third-order valence-electron chi connectivity index (χ3n) is 2.54. The van der Waals surface area contributed by atoms with Gasteiger partial charge in [-0.25, -0.2) is 4.98 Å². The summed E-state index contributed by atoms with van der Waals surface area (Å²) in [7, 11) is 3.99. The van der Waals surface area contributed by atoms with Crippen molar-refractivity contribution in [3.05, 3.63) is 18.1 Å². The smallest absolute Gasteiger partial charge is 0.144 e. The highest BCUT2D eigenvalue weighted by atomic mass is 15.2. The van der Waals surface area contributed by atoms with Gasteiger partial charge >= 0.3 is 0 Å². The second kappa shape index (κ2) is 3.92. The number of hydrogen-bond donors (Lipinski definition) is 1. The van der Waals surface area contributed by atoms with Gasteiger partial charge in [-0.15, -0.1) is 0 Å². The van der Waals surface area contributed by atoms with Gasteiger partial charge in [-0.2, -0.15) is 0 Å². The second-order valence-corrected chi connectivity index (χ2v) is 3.79. The highest BCUT2D eigenvalue weighted by Crippen LogP contribution is 2.26. The summed E-state index contributed by atoms with van der Waals surface area (Å²) in [5.74, 6) is 0.822. The molecule has 4 heteroatoms. The van der Waals surface area contributed by atoms with Gasteiger partial charge in [0.2, 0.25) is 0 Å². The summed E-state index contributed by atoms with van der Waals surface area (Å²) in [6.07, 6.45) is 6.28. The lowest BCUT2D eigenvalue weighted by Crippen LogP contribution is -2.20. The van der Waals surface area contributed by atoms with Crippen molar-refractivity contribution in [3.63, 3.8) is 0 Å². The van der Waals surface area contributed by atoms with Crippen molar-refractivity contribution in [1.29, 1.82) is 0 Å². The standard InChI is InChI=1S/C10H16N4/c1-11-10-6-12-8(5-13-10)7-14(2)9-3-4-9/h5-6,9H,3-4,7H2,1-2H3,(H,11,13). The zero-order valence-corrected chi connectivity index (χ0v) is 8.70. The molecule has 14 heavy (non-hydrogen) atoms. The second-order valence-electron chi connectivity index (χ2n) is 3.79. The summed E-state index contributed by atoms with van der Waals surface area (Å²) in [5.41, 5.74) is 1.04. The Balaban J connectivity index is 1.95. The number of hydrogen-bond acceptors (Lipinski definition) is 4. The minimum Gasteiger partial charge on any atom is -0.372 e. The average Bonchev–Trinajstić information content (AvgIpc) is 3.02. The Labute approximate surface area is 84.4 Å². The number of nitrogens with zero attached hydrogens (tertiary/aromatic N) is 3. The van der Waals surface area contributed by atoms with Crippen molar-refractivity contribution >= 4 is 5.82 Å². The van der Waals surface area contributed by atoms with Crippen LogP contribution in [0, 0.1) is 0 Å². The van der Waals surface area contributed by atoms with Gasteiger partial charge in [-0.05, 0) is 19.9 Å². The van der Waals surface area contributed by atoms with Crippen LogP contribution in [0.1, 0.15) is 18.5 Å². The fourth-order valence-corrected chi connectivity index (χ4v) is 1.47. The molecule has 1 saturated carbocycles. The first-order chi connectivity index (χ1) is 6.79. The molecule has 1 fully saturated rings. The molecule has 0 bridgehead atoms. The molecule has 1 N–H and O–H groups in total. The summed E-state index contributed by atoms with van der Waals surface area (Å²) >= 11 is 0. The molecular formula is C10H16N4. The van der Waals surface area contributed by atoms with Crippen LogP contribution in [0.15, 0.2) is 12.4 Å². The van der Waals surface area contributed by atoms with E-state index >= 15 is 0 Å². The molecular weight excluding hydrogens is 176 g/mol. The van der Waals surface area contributed by atoms with E-state index in [9.17, 15) is 0 Å². The summed E-state index contributed by atoms with van der Waals surface area (Å²) in [6, 6.07) is 0.778. The molecule has 0 aliphatic heterocycles. The highest BCUT2D eigenvalue weighted by Gasteiger charge is 2.26. The van der Waals surface area contributed by atoms with E-state index in [1.54, 1.807) is 6.20 Å². The van der Waals surface area contributed by atoms with Crippen molar-refractivity contribution in [2.75, 3.05) is 19.4 Å². The Bertz CT molecular complexity index is 291. The Hall–Kier alpha value is -1.16. The minimum absolute atomic E-state index is 0.778. The van der Waals surface area contributed by atoms with E-state index < -0.39 is 0 Å². The third-order valence-corrected chi connectivity index (χ3v) is 2.54. The normalized spacial score (nSPS) is 15.9. The van der Waals surface area contributed by atoms with E-state index in [4.69, 9.17) is 0 Å². The fourth-order valence-electron chi connectivity index (χ4n) is 1.47. The predicted octanol–water partition coefficient (Wildman–Crippen LogP) is 1.11. The topological polar surface area (TPSA) is 41.1 Å². The molecule has 4 nitrogen and oxygen atoms in total. The van der Waals surface area contributed by atoms with E-state index in [1.165, 1.54) is 12.8 Å². The maximum absolute atomic E-state index is 4.33. The van der Waals surface area contributed by atoms with Crippen molar-refractivity contribution in [3.8, 4) is 0 Å². The van der Waals surface area contributed by atoms with Crippen LogP contribution in [0.25, 0.3) is 0 Å². The summed E-state index contributed by atoms with van der Waals surface area (Å²) < 4.78 is 0. The van der Waals surface area contributed by atoms with Gasteiger partial charge in [0.1, 0.15) is 5.82 Å². The Kier molecular flexibility index (Phi) is 2.63. The Morgan fingerprint density at radius 2 is 2.21 bits per heavy atom. The van der Waals surface area contributed by atoms with Gasteiger partial charge in [0.25, 0.3) is 0 Å². The molecule has 2 rings (SSSR count). The number of nitrogens with one attached hydrogen (secondary N) is 1. The van der Waals surface area contributed by atoms with Crippen LogP contribution in [-0.4, -0.2) is 35.0 Å². The fraction of sp³-hybridized carbons (Fsp3) is 0.600. The van der Waals surface area contributed by atoms with Gasteiger partial charge < -0.3 is 5.32 Å². The van der Waals surface area contributed by atoms with E-state index in [1.807, 2.05) is 13.2 Å². The van der Waals surface area contributed by atoms with Crippen LogP contribution in [0.4, 0.5) is 5.82 Å². The summed E-state index contributed by atoms with van der Waals surface area (Å²) in [5, 5.41) is 2.96. The SMILES string of the molecule is CNc1cnc(CN(C)C2CC2)cn1. The summed E-state index contributed by atoms with van der Waals surface area (Å²) in [4.78, 5) is 10.9. The monoisotopic (exact) mass is 192 g/mol. The predicted molar refractivity (Wildman–Crippen MR) is 56.1 cm³/mol. The lowest BCUT2D eigenvalue weighted by molar-refractivity contribution is 0.312. The van der Waals surface area contributed by atoms with Crippen LogP contribution < -0.4 is 5.32 Å². The zero-order valence-electron chi connectivity index (χ0n) is 8.70. The van der Waals surface area contributed by atoms with Gasteiger partial charge in [0, 0.05) is 19.6 Å². The molecule has 1 aliphatic carbocycles. The molecule has 0 radical (unpaired) electrons. The first-order valence-corrected chi connectivity index (χ1v) is 4.98. The van der Waals surface area contributed by atoms with E-state index in [0.29, 0.717) is 0 Å². The third kappa shape index (κ3) is 2.20. The van der Waals surface area contributed by atoms with Crippen LogP contribution in [-0.2, 0) is 6.54 Å². The maximum atomic E-state index is 4.33. The first-order valence-electron chi connectivity index (χ1n) is 4.98. The lowest BCUT2D eigenvalue weighted by atomic mass is 10.4. The quantitative estimate of drug-likeness (QED) is 0.776. The van der Waals surface area contributed by atoms with Crippen molar-refractivity contribution in [1.82, 2.24) is 14.9 Å². The van der Waals surface area contributed by atoms with Crippen molar-refractivity contribution in [2.45, 2.75) is 25.4 Å². The van der Waals surface area contributed by atoms with Crippen LogP contribution in [0.5, 0.6) is 0 Å². The van der Waals surface area contributed by atoms with Crippen molar-refractivity contribution < 1.29 is 0 Å². The Morgan fingerprint density at radius 3 is 2.71 bits per heavy atom. The number of aromatic nitrogens is 2.